The molecule has 0 spiro atoms. The van der Waals surface area contributed by atoms with E-state index >= 15 is 0 Å². The van der Waals surface area contributed by atoms with Gasteiger partial charge in [0.15, 0.2) is 0 Å². The Labute approximate surface area is 54.6 Å². The molecule has 0 atom stereocenters. The van der Waals surface area contributed by atoms with Crippen LogP contribution in [0.2, 0.25) is 0 Å². The third-order valence-corrected chi connectivity index (χ3v) is 0.712. The van der Waals surface area contributed by atoms with Crippen LogP contribution >= 0.6 is 0 Å². The second kappa shape index (κ2) is 4.98. The number of rotatable bonds is 2. The fraction of sp³-hybridized carbons (Fsp3) is 0.500. The second-order valence-electron chi connectivity index (χ2n) is 1.43. The number of hydrogen-bond donors (Lipinski definition) is 1. The molecule has 0 heterocycles. The summed E-state index contributed by atoms with van der Waals surface area (Å²) in [5.41, 5.74) is 6.41. The Hall–Kier alpha value is -1.17. The van der Waals surface area contributed by atoms with Gasteiger partial charge in [-0.25, -0.2) is 10.5 Å². The summed E-state index contributed by atoms with van der Waals surface area (Å²) in [6, 6.07) is -0.743. The molecule has 9 heavy (non-hydrogen) atoms. The van der Waals surface area contributed by atoms with E-state index in [0.29, 0.717) is 13.0 Å². The molecule has 0 fully saturated rings. The Morgan fingerprint density at radius 2 is 2.44 bits per heavy atom. The van der Waals surface area contributed by atoms with Crippen molar-refractivity contribution in [3.8, 4) is 11.8 Å². The van der Waals surface area contributed by atoms with Crippen molar-refractivity contribution < 1.29 is 4.79 Å². The Morgan fingerprint density at radius 3 is 2.89 bits per heavy atom. The zero-order chi connectivity index (χ0) is 7.11. The first-order valence-corrected chi connectivity index (χ1v) is 2.66. The first-order valence-electron chi connectivity index (χ1n) is 2.66. The van der Waals surface area contributed by atoms with Crippen molar-refractivity contribution in [1.82, 2.24) is 11.1 Å². The van der Waals surface area contributed by atoms with E-state index in [-0.39, 0.29) is 0 Å². The standard InChI is InChI=1S/C6H9N2O/c1-2-3-4-5-8-6(7)9/h7H,4-5H2,1H3,(H,8,9). The largest absolute Gasteiger partial charge is 0.336 e. The van der Waals surface area contributed by atoms with Crippen LogP contribution in [0, 0.1) is 11.8 Å². The molecule has 0 aromatic heterocycles. The van der Waals surface area contributed by atoms with Crippen molar-refractivity contribution in [2.24, 2.45) is 0 Å². The monoisotopic (exact) mass is 125 g/mol. The minimum absolute atomic E-state index is 0.475. The summed E-state index contributed by atoms with van der Waals surface area (Å²) in [5.74, 6) is 5.43. The van der Waals surface area contributed by atoms with E-state index in [2.05, 4.69) is 17.2 Å². The Bertz CT molecular complexity index is 143. The first-order chi connectivity index (χ1) is 4.27. The minimum atomic E-state index is -0.743. The molecule has 49 valence electrons. The van der Waals surface area contributed by atoms with Gasteiger partial charge < -0.3 is 5.32 Å². The molecule has 0 aliphatic rings. The smallest absolute Gasteiger partial charge is 0.333 e. The van der Waals surface area contributed by atoms with Crippen LogP contribution in [-0.4, -0.2) is 12.6 Å². The molecule has 0 aliphatic carbocycles. The molecule has 3 nitrogen and oxygen atoms in total. The third-order valence-electron chi connectivity index (χ3n) is 0.712. The summed E-state index contributed by atoms with van der Waals surface area (Å²) in [7, 11) is 0. The molecule has 2 amide bonds. The summed E-state index contributed by atoms with van der Waals surface area (Å²) in [6.45, 7) is 2.21. The van der Waals surface area contributed by atoms with Gasteiger partial charge in [0, 0.05) is 13.0 Å². The van der Waals surface area contributed by atoms with E-state index in [0.717, 1.165) is 0 Å². The number of carbonyl (C=O) groups excluding carboxylic acids is 1. The Balaban J connectivity index is 3.07. The zero-order valence-electron chi connectivity index (χ0n) is 5.32. The van der Waals surface area contributed by atoms with Crippen LogP contribution in [0.5, 0.6) is 0 Å². The average Bonchev–Trinajstić information content (AvgIpc) is 1.80. The van der Waals surface area contributed by atoms with Crippen LogP contribution in [-0.2, 0) is 0 Å². The molecule has 1 radical (unpaired) electrons. The van der Waals surface area contributed by atoms with Crippen molar-refractivity contribution in [3.05, 3.63) is 0 Å². The van der Waals surface area contributed by atoms with Crippen molar-refractivity contribution >= 4 is 6.03 Å². The van der Waals surface area contributed by atoms with Gasteiger partial charge in [0.25, 0.3) is 0 Å². The summed E-state index contributed by atoms with van der Waals surface area (Å²) >= 11 is 0. The maximum atomic E-state index is 9.91. The van der Waals surface area contributed by atoms with Gasteiger partial charge >= 0.3 is 6.03 Å². The number of urea groups is 1. The van der Waals surface area contributed by atoms with Crippen molar-refractivity contribution in [2.45, 2.75) is 13.3 Å². The molecule has 0 saturated heterocycles. The van der Waals surface area contributed by atoms with E-state index in [4.69, 9.17) is 5.73 Å². The third kappa shape index (κ3) is 6.83. The van der Waals surface area contributed by atoms with Gasteiger partial charge in [-0.3, -0.25) is 0 Å². The lowest BCUT2D eigenvalue weighted by atomic mass is 10.4. The van der Waals surface area contributed by atoms with Gasteiger partial charge in [0.2, 0.25) is 0 Å². The average molecular weight is 125 g/mol. The first kappa shape index (κ1) is 7.83. The summed E-state index contributed by atoms with van der Waals surface area (Å²) in [4.78, 5) is 9.91. The molecule has 0 rings (SSSR count). The van der Waals surface area contributed by atoms with Crippen molar-refractivity contribution in [1.29, 1.82) is 0 Å². The van der Waals surface area contributed by atoms with Crippen molar-refractivity contribution in [2.75, 3.05) is 6.54 Å². The van der Waals surface area contributed by atoms with Gasteiger partial charge in [-0.05, 0) is 6.92 Å². The maximum absolute atomic E-state index is 9.91. The van der Waals surface area contributed by atoms with E-state index in [1.807, 2.05) is 0 Å². The van der Waals surface area contributed by atoms with Crippen molar-refractivity contribution in [3.63, 3.8) is 0 Å². The quantitative estimate of drug-likeness (QED) is 0.421. The van der Waals surface area contributed by atoms with Gasteiger partial charge in [-0.1, -0.05) is 0 Å². The van der Waals surface area contributed by atoms with E-state index in [1.165, 1.54) is 0 Å². The highest BCUT2D eigenvalue weighted by atomic mass is 16.2. The lowest BCUT2D eigenvalue weighted by molar-refractivity contribution is 0.248. The molecule has 0 aliphatic heterocycles. The van der Waals surface area contributed by atoms with Crippen LogP contribution in [0.4, 0.5) is 4.79 Å². The molecular formula is C6H9N2O. The SMILES string of the molecule is CC#CCCNC([NH])=O. The molecular weight excluding hydrogens is 116 g/mol. The van der Waals surface area contributed by atoms with Gasteiger partial charge in [-0.2, -0.15) is 0 Å². The fourth-order valence-corrected chi connectivity index (χ4v) is 0.364. The lowest BCUT2D eigenvalue weighted by Crippen LogP contribution is -2.22. The molecule has 0 saturated carbocycles. The normalized spacial score (nSPS) is 7.22. The fourth-order valence-electron chi connectivity index (χ4n) is 0.364. The zero-order valence-corrected chi connectivity index (χ0v) is 5.32. The second-order valence-corrected chi connectivity index (χ2v) is 1.43. The highest BCUT2D eigenvalue weighted by Gasteiger charge is 1.86. The topological polar surface area (TPSA) is 52.9 Å². The number of amides is 2. The summed E-state index contributed by atoms with van der Waals surface area (Å²) in [6.07, 6.45) is 0.626. The van der Waals surface area contributed by atoms with Gasteiger partial charge in [0.05, 0.1) is 0 Å². The molecule has 0 aromatic carbocycles. The van der Waals surface area contributed by atoms with Crippen LogP contribution < -0.4 is 11.1 Å². The maximum Gasteiger partial charge on any atom is 0.333 e. The summed E-state index contributed by atoms with van der Waals surface area (Å²) < 4.78 is 0. The number of carbonyl (C=O) groups is 1. The van der Waals surface area contributed by atoms with Gasteiger partial charge in [-0.15, -0.1) is 11.8 Å². The van der Waals surface area contributed by atoms with E-state index in [9.17, 15) is 4.79 Å². The number of nitrogens with one attached hydrogen (secondary N) is 2. The predicted octanol–water partition coefficient (Wildman–Crippen LogP) is 0.392. The lowest BCUT2D eigenvalue weighted by Gasteiger charge is -1.92. The highest BCUT2D eigenvalue weighted by molar-refractivity contribution is 5.70. The number of hydrogen-bond acceptors (Lipinski definition) is 1. The van der Waals surface area contributed by atoms with E-state index < -0.39 is 6.03 Å². The minimum Gasteiger partial charge on any atom is -0.336 e. The van der Waals surface area contributed by atoms with Crippen LogP contribution in [0.15, 0.2) is 0 Å². The molecule has 3 heteroatoms. The molecule has 0 unspecified atom stereocenters. The Morgan fingerprint density at radius 1 is 1.78 bits per heavy atom. The van der Waals surface area contributed by atoms with Crippen LogP contribution in [0.25, 0.3) is 0 Å². The van der Waals surface area contributed by atoms with E-state index in [1.54, 1.807) is 6.92 Å². The molecule has 0 aromatic rings. The highest BCUT2D eigenvalue weighted by Crippen LogP contribution is 1.70. The van der Waals surface area contributed by atoms with Gasteiger partial charge in [0.1, 0.15) is 0 Å². The Kier molecular flexibility index (Phi) is 4.33. The predicted molar refractivity (Wildman–Crippen MR) is 34.6 cm³/mol. The summed E-state index contributed by atoms with van der Waals surface area (Å²) in [5, 5.41) is 2.31. The van der Waals surface area contributed by atoms with Crippen LogP contribution in [0.1, 0.15) is 13.3 Å². The molecule has 0 bridgehead atoms. The molecule has 2 N–H and O–H groups in total. The van der Waals surface area contributed by atoms with Crippen LogP contribution in [0.3, 0.4) is 0 Å².